The van der Waals surface area contributed by atoms with Gasteiger partial charge in [-0.2, -0.15) is 0 Å². The van der Waals surface area contributed by atoms with Gasteiger partial charge in [0.25, 0.3) is 0 Å². The van der Waals surface area contributed by atoms with Crippen molar-refractivity contribution in [3.05, 3.63) is 65.7 Å². The monoisotopic (exact) mass is 287 g/mol. The Balaban J connectivity index is 2.19. The van der Waals surface area contributed by atoms with Crippen LogP contribution in [-0.4, -0.2) is 17.6 Å². The van der Waals surface area contributed by atoms with Crippen LogP contribution < -0.4 is 10.8 Å². The summed E-state index contributed by atoms with van der Waals surface area (Å²) >= 11 is 0. The molecule has 1 unspecified atom stereocenters. The van der Waals surface area contributed by atoms with Crippen molar-refractivity contribution in [3.63, 3.8) is 0 Å². The standard InChI is InChI=1S/C14H15BNO3P/c15-13-8-4-7-12(9-13)14(20(17,18)19)16-10-11-5-2-1-3-6-11/h1-9,14,16H,10H2,(H2,17,18,19). The summed E-state index contributed by atoms with van der Waals surface area (Å²) in [7, 11) is 1.34. The Labute approximate surface area is 119 Å². The first kappa shape index (κ1) is 15.0. The highest BCUT2D eigenvalue weighted by Gasteiger charge is 2.29. The van der Waals surface area contributed by atoms with Crippen LogP contribution in [0.5, 0.6) is 0 Å². The molecule has 0 saturated carbocycles. The lowest BCUT2D eigenvalue weighted by Gasteiger charge is -2.21. The Morgan fingerprint density at radius 1 is 1.10 bits per heavy atom. The summed E-state index contributed by atoms with van der Waals surface area (Å²) < 4.78 is 11.7. The van der Waals surface area contributed by atoms with Crippen molar-refractivity contribution in [2.45, 2.75) is 12.3 Å². The zero-order valence-electron chi connectivity index (χ0n) is 10.8. The molecule has 2 rings (SSSR count). The van der Waals surface area contributed by atoms with Gasteiger partial charge in [0.1, 0.15) is 13.6 Å². The van der Waals surface area contributed by atoms with Gasteiger partial charge in [-0.3, -0.25) is 9.88 Å². The van der Waals surface area contributed by atoms with E-state index in [1.165, 1.54) is 0 Å². The molecule has 0 bridgehead atoms. The van der Waals surface area contributed by atoms with E-state index in [0.29, 0.717) is 17.6 Å². The summed E-state index contributed by atoms with van der Waals surface area (Å²) in [5.74, 6) is -1.06. The molecule has 0 aliphatic carbocycles. The van der Waals surface area contributed by atoms with E-state index in [2.05, 4.69) is 5.32 Å². The molecule has 0 amide bonds. The summed E-state index contributed by atoms with van der Waals surface area (Å²) in [6, 6.07) is 16.0. The number of hydrogen-bond acceptors (Lipinski definition) is 2. The predicted octanol–water partition coefficient (Wildman–Crippen LogP) is 1.45. The third kappa shape index (κ3) is 4.05. The van der Waals surface area contributed by atoms with E-state index in [1.54, 1.807) is 24.3 Å². The van der Waals surface area contributed by atoms with Crippen LogP contribution in [0.2, 0.25) is 0 Å². The Hall–Kier alpha value is -1.39. The zero-order valence-corrected chi connectivity index (χ0v) is 11.7. The Morgan fingerprint density at radius 2 is 1.80 bits per heavy atom. The molecular formula is C14H15BNO3P. The lowest BCUT2D eigenvalue weighted by atomic mass is 9.94. The molecule has 0 fully saturated rings. The van der Waals surface area contributed by atoms with E-state index in [9.17, 15) is 14.4 Å². The van der Waals surface area contributed by atoms with Gasteiger partial charge in [-0.15, -0.1) is 0 Å². The first-order valence-electron chi connectivity index (χ1n) is 6.15. The van der Waals surface area contributed by atoms with Crippen molar-refractivity contribution in [2.75, 3.05) is 0 Å². The van der Waals surface area contributed by atoms with Crippen molar-refractivity contribution >= 4 is 20.9 Å². The van der Waals surface area contributed by atoms with Gasteiger partial charge in [0, 0.05) is 6.54 Å². The van der Waals surface area contributed by atoms with Crippen LogP contribution in [0.25, 0.3) is 0 Å². The molecule has 2 aromatic carbocycles. The number of rotatable bonds is 5. The summed E-state index contributed by atoms with van der Waals surface area (Å²) in [5, 5.41) is 2.90. The quantitative estimate of drug-likeness (QED) is 0.575. The predicted molar refractivity (Wildman–Crippen MR) is 79.9 cm³/mol. The van der Waals surface area contributed by atoms with Gasteiger partial charge in [0.15, 0.2) is 0 Å². The van der Waals surface area contributed by atoms with Crippen LogP contribution in [-0.2, 0) is 11.1 Å². The first-order chi connectivity index (χ1) is 9.47. The average molecular weight is 287 g/mol. The second-order valence-electron chi connectivity index (χ2n) is 4.53. The maximum Gasteiger partial charge on any atom is 0.346 e. The molecule has 0 saturated heterocycles. The fraction of sp³-hybridized carbons (Fsp3) is 0.143. The van der Waals surface area contributed by atoms with Gasteiger partial charge in [-0.25, -0.2) is 0 Å². The summed E-state index contributed by atoms with van der Waals surface area (Å²) in [5.41, 5.74) is 1.91. The van der Waals surface area contributed by atoms with Crippen LogP contribution in [0.15, 0.2) is 54.6 Å². The van der Waals surface area contributed by atoms with Crippen LogP contribution in [0, 0.1) is 0 Å². The second-order valence-corrected chi connectivity index (χ2v) is 6.22. The van der Waals surface area contributed by atoms with Crippen molar-refractivity contribution in [1.29, 1.82) is 0 Å². The number of benzene rings is 2. The molecule has 0 aromatic heterocycles. The van der Waals surface area contributed by atoms with Crippen molar-refractivity contribution in [3.8, 4) is 0 Å². The molecule has 4 nitrogen and oxygen atoms in total. The van der Waals surface area contributed by atoms with Gasteiger partial charge in [-0.1, -0.05) is 60.1 Å². The molecular weight excluding hydrogens is 272 g/mol. The molecule has 0 aliphatic rings. The van der Waals surface area contributed by atoms with Gasteiger partial charge in [0.2, 0.25) is 0 Å². The van der Waals surface area contributed by atoms with Crippen molar-refractivity contribution in [1.82, 2.24) is 5.32 Å². The molecule has 0 spiro atoms. The minimum Gasteiger partial charge on any atom is -0.323 e. The van der Waals surface area contributed by atoms with Crippen LogP contribution in [0.1, 0.15) is 16.9 Å². The fourth-order valence-corrected chi connectivity index (χ4v) is 2.85. The Kier molecular flexibility index (Phi) is 4.79. The molecule has 6 heteroatoms. The SMILES string of the molecule is [B]c1cccc(C(NCc2ccccc2)P(=O)(O)O)c1. The van der Waals surface area contributed by atoms with E-state index in [-0.39, 0.29) is 0 Å². The lowest BCUT2D eigenvalue weighted by molar-refractivity contribution is 0.347. The fourth-order valence-electron chi connectivity index (χ4n) is 1.97. The topological polar surface area (TPSA) is 69.6 Å². The third-order valence-corrected chi connectivity index (χ3v) is 4.06. The number of nitrogens with one attached hydrogen (secondary N) is 1. The van der Waals surface area contributed by atoms with Crippen molar-refractivity contribution in [2.24, 2.45) is 0 Å². The zero-order chi connectivity index (χ0) is 14.6. The highest BCUT2D eigenvalue weighted by molar-refractivity contribution is 7.52. The maximum atomic E-state index is 11.7. The molecule has 0 aliphatic heterocycles. The molecule has 3 N–H and O–H groups in total. The normalized spacial score (nSPS) is 13.1. The summed E-state index contributed by atoms with van der Waals surface area (Å²) in [6.45, 7) is 0.366. The molecule has 2 aromatic rings. The molecule has 0 heterocycles. The van der Waals surface area contributed by atoms with Crippen LogP contribution >= 0.6 is 7.60 Å². The molecule has 1 atom stereocenters. The summed E-state index contributed by atoms with van der Waals surface area (Å²) in [4.78, 5) is 19.0. The molecule has 2 radical (unpaired) electrons. The highest BCUT2D eigenvalue weighted by Crippen LogP contribution is 2.49. The van der Waals surface area contributed by atoms with Crippen LogP contribution in [0.3, 0.4) is 0 Å². The first-order valence-corrected chi connectivity index (χ1v) is 7.83. The van der Waals surface area contributed by atoms with E-state index in [4.69, 9.17) is 7.85 Å². The van der Waals surface area contributed by atoms with Crippen molar-refractivity contribution < 1.29 is 14.4 Å². The largest absolute Gasteiger partial charge is 0.346 e. The van der Waals surface area contributed by atoms with Gasteiger partial charge >= 0.3 is 7.60 Å². The smallest absolute Gasteiger partial charge is 0.323 e. The van der Waals surface area contributed by atoms with E-state index >= 15 is 0 Å². The van der Waals surface area contributed by atoms with E-state index in [1.807, 2.05) is 30.3 Å². The van der Waals surface area contributed by atoms with Gasteiger partial charge < -0.3 is 9.79 Å². The lowest BCUT2D eigenvalue weighted by Crippen LogP contribution is -2.22. The second kappa shape index (κ2) is 6.38. The van der Waals surface area contributed by atoms with Gasteiger partial charge in [0.05, 0.1) is 0 Å². The molecule has 102 valence electrons. The van der Waals surface area contributed by atoms with E-state index < -0.39 is 13.4 Å². The highest BCUT2D eigenvalue weighted by atomic mass is 31.2. The van der Waals surface area contributed by atoms with Crippen LogP contribution in [0.4, 0.5) is 0 Å². The summed E-state index contributed by atoms with van der Waals surface area (Å²) in [6.07, 6.45) is 0. The van der Waals surface area contributed by atoms with E-state index in [0.717, 1.165) is 5.56 Å². The minimum atomic E-state index is -4.32. The Morgan fingerprint density at radius 3 is 2.40 bits per heavy atom. The number of hydrogen-bond donors (Lipinski definition) is 3. The minimum absolute atomic E-state index is 0.366. The van der Waals surface area contributed by atoms with Gasteiger partial charge in [-0.05, 0) is 11.1 Å². The Bertz CT molecular complexity index is 615. The third-order valence-electron chi connectivity index (χ3n) is 2.91. The average Bonchev–Trinajstić information content (AvgIpc) is 2.39. The molecule has 20 heavy (non-hydrogen) atoms. The maximum absolute atomic E-state index is 11.7.